The van der Waals surface area contributed by atoms with Gasteiger partial charge in [0.1, 0.15) is 11.5 Å². The van der Waals surface area contributed by atoms with Crippen molar-refractivity contribution in [1.29, 1.82) is 0 Å². The van der Waals surface area contributed by atoms with Gasteiger partial charge in [0.15, 0.2) is 0 Å². The van der Waals surface area contributed by atoms with Gasteiger partial charge in [0.05, 0.1) is 19.3 Å². The molecule has 4 nitrogen and oxygen atoms in total. The Hall–Kier alpha value is -3.34. The number of nitrogens with zero attached hydrogens (tertiary/aromatic N) is 1. The SMILES string of the molecule is C=CCc1ccc(O)c(-c2cc(CC=C)cc(C(c3ccccc3)N3CCOCC3)c2O)c1. The predicted octanol–water partition coefficient (Wildman–Crippen LogP) is 5.64. The first-order valence-electron chi connectivity index (χ1n) is 11.4. The Kier molecular flexibility index (Phi) is 7.28. The highest BCUT2D eigenvalue weighted by molar-refractivity contribution is 5.78. The molecule has 3 aromatic rings. The van der Waals surface area contributed by atoms with E-state index in [1.54, 1.807) is 6.07 Å². The number of hydrogen-bond donors (Lipinski definition) is 2. The molecular formula is C29H31NO3. The summed E-state index contributed by atoms with van der Waals surface area (Å²) in [4.78, 5) is 2.35. The third-order valence-corrected chi connectivity index (χ3v) is 6.13. The molecule has 1 fully saturated rings. The van der Waals surface area contributed by atoms with Crippen LogP contribution in [0.5, 0.6) is 11.5 Å². The minimum Gasteiger partial charge on any atom is -0.507 e. The second kappa shape index (κ2) is 10.5. The molecule has 1 aliphatic rings. The zero-order chi connectivity index (χ0) is 23.2. The Morgan fingerprint density at radius 1 is 0.848 bits per heavy atom. The number of morpholine rings is 1. The number of ether oxygens (including phenoxy) is 1. The molecule has 170 valence electrons. The molecule has 0 aliphatic carbocycles. The molecule has 3 aromatic carbocycles. The van der Waals surface area contributed by atoms with Crippen molar-refractivity contribution in [1.82, 2.24) is 4.90 Å². The van der Waals surface area contributed by atoms with Gasteiger partial charge in [-0.05, 0) is 53.8 Å². The van der Waals surface area contributed by atoms with Crippen molar-refractivity contribution in [2.75, 3.05) is 26.3 Å². The first-order valence-corrected chi connectivity index (χ1v) is 11.4. The van der Waals surface area contributed by atoms with Crippen molar-refractivity contribution in [3.63, 3.8) is 0 Å². The van der Waals surface area contributed by atoms with Crippen LogP contribution < -0.4 is 0 Å². The highest BCUT2D eigenvalue weighted by Gasteiger charge is 2.28. The van der Waals surface area contributed by atoms with Gasteiger partial charge in [0.2, 0.25) is 0 Å². The molecule has 1 unspecified atom stereocenters. The van der Waals surface area contributed by atoms with Crippen molar-refractivity contribution in [3.05, 3.63) is 108 Å². The van der Waals surface area contributed by atoms with Crippen LogP contribution in [-0.2, 0) is 17.6 Å². The highest BCUT2D eigenvalue weighted by atomic mass is 16.5. The molecule has 4 heteroatoms. The van der Waals surface area contributed by atoms with Crippen molar-refractivity contribution >= 4 is 0 Å². The highest BCUT2D eigenvalue weighted by Crippen LogP contribution is 2.44. The summed E-state index contributed by atoms with van der Waals surface area (Å²) >= 11 is 0. The summed E-state index contributed by atoms with van der Waals surface area (Å²) in [7, 11) is 0. The van der Waals surface area contributed by atoms with Crippen LogP contribution in [0.4, 0.5) is 0 Å². The van der Waals surface area contributed by atoms with Crippen LogP contribution in [0.15, 0.2) is 86.0 Å². The average molecular weight is 442 g/mol. The molecule has 1 saturated heterocycles. The van der Waals surface area contributed by atoms with E-state index < -0.39 is 0 Å². The first-order chi connectivity index (χ1) is 16.1. The fourth-order valence-electron chi connectivity index (χ4n) is 4.57. The predicted molar refractivity (Wildman–Crippen MR) is 134 cm³/mol. The minimum absolute atomic E-state index is 0.128. The number of phenols is 2. The molecule has 0 aromatic heterocycles. The maximum absolute atomic E-state index is 11.6. The van der Waals surface area contributed by atoms with E-state index in [-0.39, 0.29) is 17.5 Å². The lowest BCUT2D eigenvalue weighted by Crippen LogP contribution is -2.39. The monoisotopic (exact) mass is 441 g/mol. The molecule has 1 atom stereocenters. The number of allylic oxidation sites excluding steroid dienone is 2. The number of rotatable bonds is 8. The molecular weight excluding hydrogens is 410 g/mol. The van der Waals surface area contributed by atoms with E-state index in [1.165, 1.54) is 0 Å². The Balaban J connectivity index is 1.92. The lowest BCUT2D eigenvalue weighted by Gasteiger charge is -2.36. The molecule has 2 N–H and O–H groups in total. The van der Waals surface area contributed by atoms with Crippen LogP contribution in [0.1, 0.15) is 28.3 Å². The summed E-state index contributed by atoms with van der Waals surface area (Å²) < 4.78 is 5.60. The number of benzene rings is 3. The molecule has 4 rings (SSSR count). The number of aromatic hydroxyl groups is 2. The molecule has 0 amide bonds. The van der Waals surface area contributed by atoms with E-state index in [9.17, 15) is 10.2 Å². The van der Waals surface area contributed by atoms with E-state index in [1.807, 2.05) is 48.6 Å². The lowest BCUT2D eigenvalue weighted by molar-refractivity contribution is 0.0236. The second-order valence-corrected chi connectivity index (χ2v) is 8.38. The molecule has 1 aliphatic heterocycles. The Labute approximate surface area is 196 Å². The fraction of sp³-hybridized carbons (Fsp3) is 0.241. The lowest BCUT2D eigenvalue weighted by atomic mass is 9.89. The third-order valence-electron chi connectivity index (χ3n) is 6.13. The van der Waals surface area contributed by atoms with E-state index in [0.717, 1.165) is 35.3 Å². The Morgan fingerprint density at radius 2 is 1.52 bits per heavy atom. The minimum atomic E-state index is -0.128. The standard InChI is InChI=1S/C29H31NO3/c1-3-8-21-12-13-27(31)24(18-21)25-19-22(9-4-2)20-26(29(25)32)28(23-10-6-5-7-11-23)30-14-16-33-17-15-30/h3-7,10-13,18-20,28,31-32H,1-2,8-9,14-17H2. The summed E-state index contributed by atoms with van der Waals surface area (Å²) in [6.07, 6.45) is 5.05. The van der Waals surface area contributed by atoms with Crippen LogP contribution in [0.25, 0.3) is 11.1 Å². The van der Waals surface area contributed by atoms with Gasteiger partial charge in [0, 0.05) is 29.8 Å². The van der Waals surface area contributed by atoms with Gasteiger partial charge in [0.25, 0.3) is 0 Å². The Bertz CT molecular complexity index is 1120. The summed E-state index contributed by atoms with van der Waals surface area (Å²) in [6.45, 7) is 10.6. The normalized spacial score (nSPS) is 15.2. The van der Waals surface area contributed by atoms with Crippen molar-refractivity contribution < 1.29 is 14.9 Å². The molecule has 0 bridgehead atoms. The topological polar surface area (TPSA) is 52.9 Å². The van der Waals surface area contributed by atoms with Crippen LogP contribution in [0.2, 0.25) is 0 Å². The van der Waals surface area contributed by atoms with Crippen LogP contribution in [-0.4, -0.2) is 41.4 Å². The van der Waals surface area contributed by atoms with Gasteiger partial charge < -0.3 is 14.9 Å². The first kappa shape index (κ1) is 22.8. The Morgan fingerprint density at radius 3 is 2.21 bits per heavy atom. The van der Waals surface area contributed by atoms with Gasteiger partial charge in [-0.25, -0.2) is 0 Å². The van der Waals surface area contributed by atoms with Crippen molar-refractivity contribution in [2.45, 2.75) is 18.9 Å². The van der Waals surface area contributed by atoms with Gasteiger partial charge >= 0.3 is 0 Å². The van der Waals surface area contributed by atoms with Gasteiger partial charge in [-0.15, -0.1) is 13.2 Å². The van der Waals surface area contributed by atoms with E-state index >= 15 is 0 Å². The fourth-order valence-corrected chi connectivity index (χ4v) is 4.57. The summed E-state index contributed by atoms with van der Waals surface area (Å²) in [6, 6.07) is 19.6. The number of hydrogen-bond acceptors (Lipinski definition) is 4. The van der Waals surface area contributed by atoms with E-state index in [0.29, 0.717) is 37.2 Å². The van der Waals surface area contributed by atoms with E-state index in [2.05, 4.69) is 36.3 Å². The second-order valence-electron chi connectivity index (χ2n) is 8.38. The van der Waals surface area contributed by atoms with Gasteiger partial charge in [-0.2, -0.15) is 0 Å². The largest absolute Gasteiger partial charge is 0.507 e. The zero-order valence-electron chi connectivity index (χ0n) is 18.9. The van der Waals surface area contributed by atoms with Crippen molar-refractivity contribution in [3.8, 4) is 22.6 Å². The van der Waals surface area contributed by atoms with Crippen LogP contribution in [0, 0.1) is 0 Å². The van der Waals surface area contributed by atoms with Gasteiger partial charge in [-0.1, -0.05) is 48.6 Å². The average Bonchev–Trinajstić information content (AvgIpc) is 2.84. The van der Waals surface area contributed by atoms with Crippen molar-refractivity contribution in [2.24, 2.45) is 0 Å². The summed E-state index contributed by atoms with van der Waals surface area (Å²) in [5, 5.41) is 22.3. The smallest absolute Gasteiger partial charge is 0.128 e. The maximum Gasteiger partial charge on any atom is 0.128 e. The summed E-state index contributed by atoms with van der Waals surface area (Å²) in [5.41, 5.74) is 5.25. The van der Waals surface area contributed by atoms with E-state index in [4.69, 9.17) is 4.74 Å². The quantitative estimate of drug-likeness (QED) is 0.444. The molecule has 0 radical (unpaired) electrons. The molecule has 33 heavy (non-hydrogen) atoms. The zero-order valence-corrected chi connectivity index (χ0v) is 18.9. The molecule has 0 saturated carbocycles. The number of phenolic OH excluding ortho intramolecular Hbond substituents is 2. The molecule has 0 spiro atoms. The summed E-state index contributed by atoms with van der Waals surface area (Å²) in [5.74, 6) is 0.330. The van der Waals surface area contributed by atoms with Gasteiger partial charge in [-0.3, -0.25) is 4.90 Å². The van der Waals surface area contributed by atoms with Crippen LogP contribution in [0.3, 0.4) is 0 Å². The molecule has 1 heterocycles. The maximum atomic E-state index is 11.6. The third kappa shape index (κ3) is 5.03. The van der Waals surface area contributed by atoms with Crippen LogP contribution >= 0.6 is 0 Å².